The number of hydrogen-bond acceptors (Lipinski definition) is 4. The van der Waals surface area contributed by atoms with Gasteiger partial charge in [-0.15, -0.1) is 11.3 Å². The first kappa shape index (κ1) is 15.2. The number of thiazole rings is 1. The van der Waals surface area contributed by atoms with E-state index in [1.165, 1.54) is 11.3 Å². The minimum atomic E-state index is -0.108. The number of hydrogen-bond donors (Lipinski definition) is 1. The monoisotopic (exact) mass is 324 g/mol. The Balaban J connectivity index is 1.68. The summed E-state index contributed by atoms with van der Waals surface area (Å²) in [5, 5.41) is 5.38. The van der Waals surface area contributed by atoms with Crippen molar-refractivity contribution < 1.29 is 9.53 Å². The Morgan fingerprint density at radius 3 is 2.65 bits per heavy atom. The molecule has 0 fully saturated rings. The number of para-hydroxylation sites is 1. The lowest BCUT2D eigenvalue weighted by atomic mass is 10.1. The first-order chi connectivity index (χ1) is 11.3. The van der Waals surface area contributed by atoms with Gasteiger partial charge in [0.05, 0.1) is 19.2 Å². The molecule has 1 N–H and O–H groups in total. The van der Waals surface area contributed by atoms with Crippen molar-refractivity contribution in [2.75, 3.05) is 12.4 Å². The number of methoxy groups -OCH3 is 1. The molecule has 4 nitrogen and oxygen atoms in total. The molecule has 0 aliphatic heterocycles. The van der Waals surface area contributed by atoms with E-state index in [0.717, 1.165) is 16.8 Å². The Morgan fingerprint density at radius 2 is 1.87 bits per heavy atom. The summed E-state index contributed by atoms with van der Waals surface area (Å²) in [6, 6.07) is 17.4. The average molecular weight is 324 g/mol. The van der Waals surface area contributed by atoms with Crippen molar-refractivity contribution in [2.24, 2.45) is 0 Å². The Kier molecular flexibility index (Phi) is 4.68. The summed E-state index contributed by atoms with van der Waals surface area (Å²) < 4.78 is 5.27. The number of aromatic nitrogens is 1. The molecular weight excluding hydrogens is 308 g/mol. The van der Waals surface area contributed by atoms with Crippen LogP contribution in [0.4, 0.5) is 5.13 Å². The molecule has 2 aromatic carbocycles. The van der Waals surface area contributed by atoms with Crippen LogP contribution in [0.5, 0.6) is 5.75 Å². The lowest BCUT2D eigenvalue weighted by Gasteiger charge is -2.07. The zero-order valence-corrected chi connectivity index (χ0v) is 13.5. The van der Waals surface area contributed by atoms with Gasteiger partial charge in [-0.25, -0.2) is 4.98 Å². The molecule has 1 heterocycles. The van der Waals surface area contributed by atoms with Gasteiger partial charge in [-0.1, -0.05) is 48.5 Å². The van der Waals surface area contributed by atoms with Crippen LogP contribution in [-0.4, -0.2) is 18.0 Å². The summed E-state index contributed by atoms with van der Waals surface area (Å²) in [5.74, 6) is 0.607. The molecule has 0 unspecified atom stereocenters. The molecule has 5 heteroatoms. The van der Waals surface area contributed by atoms with E-state index in [1.54, 1.807) is 7.11 Å². The third-order valence-electron chi connectivity index (χ3n) is 3.36. The van der Waals surface area contributed by atoms with E-state index < -0.39 is 0 Å². The maximum absolute atomic E-state index is 12.2. The predicted octanol–water partition coefficient (Wildman–Crippen LogP) is 4.00. The summed E-state index contributed by atoms with van der Waals surface area (Å²) in [4.78, 5) is 16.7. The van der Waals surface area contributed by atoms with Crippen molar-refractivity contribution in [1.82, 2.24) is 4.98 Å². The van der Waals surface area contributed by atoms with Gasteiger partial charge in [-0.3, -0.25) is 4.79 Å². The van der Waals surface area contributed by atoms with Crippen molar-refractivity contribution in [3.8, 4) is 17.0 Å². The third-order valence-corrected chi connectivity index (χ3v) is 4.12. The second-order valence-electron chi connectivity index (χ2n) is 4.94. The van der Waals surface area contributed by atoms with E-state index >= 15 is 0 Å². The zero-order valence-electron chi connectivity index (χ0n) is 12.7. The molecule has 3 rings (SSSR count). The van der Waals surface area contributed by atoms with Crippen molar-refractivity contribution in [2.45, 2.75) is 6.42 Å². The second kappa shape index (κ2) is 7.07. The van der Waals surface area contributed by atoms with Gasteiger partial charge in [0.2, 0.25) is 5.91 Å². The summed E-state index contributed by atoms with van der Waals surface area (Å²) in [7, 11) is 1.60. The maximum atomic E-state index is 12.2. The third kappa shape index (κ3) is 3.76. The van der Waals surface area contributed by atoms with Gasteiger partial charge in [-0.2, -0.15) is 0 Å². The van der Waals surface area contributed by atoms with E-state index in [0.29, 0.717) is 10.9 Å². The lowest BCUT2D eigenvalue weighted by Crippen LogP contribution is -2.14. The molecule has 0 aliphatic carbocycles. The molecule has 0 aliphatic rings. The Labute approximate surface area is 138 Å². The Morgan fingerprint density at radius 1 is 1.13 bits per heavy atom. The topological polar surface area (TPSA) is 51.2 Å². The highest BCUT2D eigenvalue weighted by Crippen LogP contribution is 2.25. The fraction of sp³-hybridized carbons (Fsp3) is 0.111. The molecule has 0 atom stereocenters. The molecule has 0 bridgehead atoms. The molecule has 116 valence electrons. The number of benzene rings is 2. The second-order valence-corrected chi connectivity index (χ2v) is 5.80. The predicted molar refractivity (Wildman–Crippen MR) is 92.9 cm³/mol. The molecule has 1 amide bonds. The maximum Gasteiger partial charge on any atom is 0.230 e. The van der Waals surface area contributed by atoms with Crippen LogP contribution in [0.1, 0.15) is 5.56 Å². The molecule has 0 radical (unpaired) electrons. The Hall–Kier alpha value is -2.66. The molecule has 3 aromatic rings. The minimum absolute atomic E-state index is 0.108. The first-order valence-electron chi connectivity index (χ1n) is 7.19. The van der Waals surface area contributed by atoms with Crippen LogP contribution in [0.15, 0.2) is 60.0 Å². The van der Waals surface area contributed by atoms with E-state index in [-0.39, 0.29) is 12.3 Å². The number of nitrogens with one attached hydrogen (secondary N) is 1. The molecular formula is C18H16N2O2S. The van der Waals surface area contributed by atoms with Gasteiger partial charge in [0.25, 0.3) is 0 Å². The number of ether oxygens (including phenoxy) is 1. The fourth-order valence-electron chi connectivity index (χ4n) is 2.26. The van der Waals surface area contributed by atoms with Gasteiger partial charge in [0.1, 0.15) is 5.75 Å². The van der Waals surface area contributed by atoms with Crippen LogP contribution in [0.2, 0.25) is 0 Å². The number of anilines is 1. The van der Waals surface area contributed by atoms with E-state index in [2.05, 4.69) is 10.3 Å². The van der Waals surface area contributed by atoms with Crippen molar-refractivity contribution in [1.29, 1.82) is 0 Å². The highest BCUT2D eigenvalue weighted by molar-refractivity contribution is 7.14. The zero-order chi connectivity index (χ0) is 16.1. The standard InChI is InChI=1S/C18H16N2O2S/c1-22-16-10-6-5-9-14(16)11-17(21)20-18-19-15(12-23-18)13-7-3-2-4-8-13/h2-10,12H,11H2,1H3,(H,19,20,21). The van der Waals surface area contributed by atoms with Crippen molar-refractivity contribution >= 4 is 22.4 Å². The number of nitrogens with zero attached hydrogens (tertiary/aromatic N) is 1. The lowest BCUT2D eigenvalue weighted by molar-refractivity contribution is -0.115. The fourth-order valence-corrected chi connectivity index (χ4v) is 2.99. The summed E-state index contributed by atoms with van der Waals surface area (Å²) in [6.45, 7) is 0. The van der Waals surface area contributed by atoms with Crippen molar-refractivity contribution in [3.63, 3.8) is 0 Å². The van der Waals surface area contributed by atoms with Crippen LogP contribution in [-0.2, 0) is 11.2 Å². The summed E-state index contributed by atoms with van der Waals surface area (Å²) in [5.41, 5.74) is 2.75. The van der Waals surface area contributed by atoms with E-state index in [1.807, 2.05) is 60.0 Å². The van der Waals surface area contributed by atoms with Gasteiger partial charge in [-0.05, 0) is 6.07 Å². The van der Waals surface area contributed by atoms with Gasteiger partial charge in [0.15, 0.2) is 5.13 Å². The van der Waals surface area contributed by atoms with Crippen LogP contribution < -0.4 is 10.1 Å². The molecule has 1 aromatic heterocycles. The largest absolute Gasteiger partial charge is 0.496 e. The smallest absolute Gasteiger partial charge is 0.230 e. The van der Waals surface area contributed by atoms with E-state index in [9.17, 15) is 4.79 Å². The van der Waals surface area contributed by atoms with Gasteiger partial charge in [0, 0.05) is 16.5 Å². The SMILES string of the molecule is COc1ccccc1CC(=O)Nc1nc(-c2ccccc2)cs1. The van der Waals surface area contributed by atoms with Crippen LogP contribution >= 0.6 is 11.3 Å². The molecule has 0 saturated heterocycles. The van der Waals surface area contributed by atoms with Crippen LogP contribution in [0, 0.1) is 0 Å². The number of rotatable bonds is 5. The normalized spacial score (nSPS) is 10.3. The summed E-state index contributed by atoms with van der Waals surface area (Å²) >= 11 is 1.42. The van der Waals surface area contributed by atoms with E-state index in [4.69, 9.17) is 4.74 Å². The average Bonchev–Trinajstić information content (AvgIpc) is 3.04. The van der Waals surface area contributed by atoms with Gasteiger partial charge < -0.3 is 10.1 Å². The van der Waals surface area contributed by atoms with Gasteiger partial charge >= 0.3 is 0 Å². The van der Waals surface area contributed by atoms with Crippen LogP contribution in [0.25, 0.3) is 11.3 Å². The minimum Gasteiger partial charge on any atom is -0.496 e. The van der Waals surface area contributed by atoms with Crippen LogP contribution in [0.3, 0.4) is 0 Å². The number of carbonyl (C=O) groups is 1. The number of carbonyl (C=O) groups excluding carboxylic acids is 1. The quantitative estimate of drug-likeness (QED) is 0.772. The summed E-state index contributed by atoms with van der Waals surface area (Å²) in [6.07, 6.45) is 0.254. The number of amides is 1. The van der Waals surface area contributed by atoms with Crippen molar-refractivity contribution in [3.05, 3.63) is 65.5 Å². The Bertz CT molecular complexity index is 800. The molecule has 0 saturated carbocycles. The first-order valence-corrected chi connectivity index (χ1v) is 8.07. The molecule has 23 heavy (non-hydrogen) atoms. The highest BCUT2D eigenvalue weighted by atomic mass is 32.1. The highest BCUT2D eigenvalue weighted by Gasteiger charge is 2.11. The molecule has 0 spiro atoms.